The number of halogens is 2. The first-order valence-corrected chi connectivity index (χ1v) is 8.96. The standard InChI is InChI=1S/C18H21F2N3O5/c19-18(20)28-14-4-2-1-3-13(14)15(24)21-5-7-22(8-6-21)16(25)17(26)23-9-11-27-12-10-23/h1-4,18H,5-12H2. The summed E-state index contributed by atoms with van der Waals surface area (Å²) in [5.41, 5.74) is 0.0342. The van der Waals surface area contributed by atoms with Gasteiger partial charge in [-0.2, -0.15) is 8.78 Å². The number of hydrogen-bond donors (Lipinski definition) is 0. The van der Waals surface area contributed by atoms with Gasteiger partial charge in [-0.3, -0.25) is 14.4 Å². The molecule has 2 fully saturated rings. The summed E-state index contributed by atoms with van der Waals surface area (Å²) in [6, 6.07) is 5.79. The van der Waals surface area contributed by atoms with E-state index in [1.54, 1.807) is 6.07 Å². The number of morpholine rings is 1. The van der Waals surface area contributed by atoms with Gasteiger partial charge in [0.15, 0.2) is 0 Å². The van der Waals surface area contributed by atoms with Gasteiger partial charge >= 0.3 is 18.4 Å². The van der Waals surface area contributed by atoms with Crippen molar-refractivity contribution >= 4 is 17.7 Å². The number of carbonyl (C=O) groups excluding carboxylic acids is 3. The van der Waals surface area contributed by atoms with E-state index in [0.717, 1.165) is 0 Å². The summed E-state index contributed by atoms with van der Waals surface area (Å²) < 4.78 is 34.7. The summed E-state index contributed by atoms with van der Waals surface area (Å²) >= 11 is 0. The number of rotatable bonds is 3. The number of amides is 3. The Morgan fingerprint density at radius 2 is 1.39 bits per heavy atom. The van der Waals surface area contributed by atoms with Crippen LogP contribution in [0.15, 0.2) is 24.3 Å². The molecule has 10 heteroatoms. The first-order chi connectivity index (χ1) is 13.5. The minimum absolute atomic E-state index is 0.0342. The maximum Gasteiger partial charge on any atom is 0.387 e. The summed E-state index contributed by atoms with van der Waals surface area (Å²) in [7, 11) is 0. The maximum atomic E-state index is 12.7. The SMILES string of the molecule is O=C(C(=O)N1CCN(C(=O)c2ccccc2OC(F)F)CC1)N1CCOCC1. The van der Waals surface area contributed by atoms with Crippen LogP contribution < -0.4 is 4.74 Å². The molecule has 0 atom stereocenters. The molecule has 0 bridgehead atoms. The minimum Gasteiger partial charge on any atom is -0.434 e. The van der Waals surface area contributed by atoms with E-state index in [0.29, 0.717) is 26.3 Å². The molecule has 0 N–H and O–H groups in total. The van der Waals surface area contributed by atoms with Gasteiger partial charge in [0.1, 0.15) is 5.75 Å². The van der Waals surface area contributed by atoms with Crippen LogP contribution in [0.1, 0.15) is 10.4 Å². The molecule has 0 saturated carbocycles. The third-order valence-corrected chi connectivity index (χ3v) is 4.67. The smallest absolute Gasteiger partial charge is 0.387 e. The Hall–Kier alpha value is -2.75. The lowest BCUT2D eigenvalue weighted by molar-refractivity contribution is -0.154. The fourth-order valence-corrected chi connectivity index (χ4v) is 3.16. The molecule has 2 saturated heterocycles. The highest BCUT2D eigenvalue weighted by molar-refractivity contribution is 6.34. The van der Waals surface area contributed by atoms with Crippen LogP contribution in [0.25, 0.3) is 0 Å². The molecule has 0 unspecified atom stereocenters. The van der Waals surface area contributed by atoms with Gasteiger partial charge in [0.2, 0.25) is 0 Å². The molecule has 3 amide bonds. The number of hydrogen-bond acceptors (Lipinski definition) is 5. The van der Waals surface area contributed by atoms with E-state index in [9.17, 15) is 23.2 Å². The van der Waals surface area contributed by atoms with Crippen LogP contribution in [0.3, 0.4) is 0 Å². The highest BCUT2D eigenvalue weighted by Crippen LogP contribution is 2.22. The van der Waals surface area contributed by atoms with E-state index in [4.69, 9.17) is 4.74 Å². The fraction of sp³-hybridized carbons (Fsp3) is 0.500. The number of nitrogens with zero attached hydrogens (tertiary/aromatic N) is 3. The third kappa shape index (κ3) is 4.56. The van der Waals surface area contributed by atoms with Gasteiger partial charge in [-0.25, -0.2) is 0 Å². The number of alkyl halides is 2. The van der Waals surface area contributed by atoms with E-state index in [1.165, 1.54) is 32.9 Å². The van der Waals surface area contributed by atoms with E-state index in [1.807, 2.05) is 0 Å². The Bertz CT molecular complexity index is 732. The highest BCUT2D eigenvalue weighted by Gasteiger charge is 2.32. The van der Waals surface area contributed by atoms with Gasteiger partial charge in [-0.05, 0) is 12.1 Å². The van der Waals surface area contributed by atoms with E-state index >= 15 is 0 Å². The van der Waals surface area contributed by atoms with Crippen molar-refractivity contribution in [3.8, 4) is 5.75 Å². The molecule has 1 aromatic rings. The van der Waals surface area contributed by atoms with Crippen LogP contribution in [0.2, 0.25) is 0 Å². The number of para-hydroxylation sites is 1. The van der Waals surface area contributed by atoms with Gasteiger partial charge in [0, 0.05) is 39.3 Å². The van der Waals surface area contributed by atoms with Crippen LogP contribution in [-0.2, 0) is 14.3 Å². The molecule has 0 aliphatic carbocycles. The molecule has 2 aliphatic rings. The second-order valence-electron chi connectivity index (χ2n) is 6.36. The Labute approximate surface area is 160 Å². The topological polar surface area (TPSA) is 79.4 Å². The van der Waals surface area contributed by atoms with Crippen LogP contribution in [0.4, 0.5) is 8.78 Å². The first-order valence-electron chi connectivity index (χ1n) is 8.96. The largest absolute Gasteiger partial charge is 0.434 e. The molecule has 28 heavy (non-hydrogen) atoms. The molecule has 0 radical (unpaired) electrons. The van der Waals surface area contributed by atoms with Gasteiger partial charge in [-0.1, -0.05) is 12.1 Å². The van der Waals surface area contributed by atoms with E-state index < -0.39 is 24.3 Å². The number of piperazine rings is 1. The molecule has 0 aromatic heterocycles. The van der Waals surface area contributed by atoms with Crippen molar-refractivity contribution in [3.63, 3.8) is 0 Å². The molecule has 152 valence electrons. The Morgan fingerprint density at radius 3 is 2.00 bits per heavy atom. The zero-order valence-electron chi connectivity index (χ0n) is 15.2. The normalized spacial score (nSPS) is 17.6. The molecule has 0 spiro atoms. The molecular weight excluding hydrogens is 376 g/mol. The summed E-state index contributed by atoms with van der Waals surface area (Å²) in [6.45, 7) is -0.684. The number of benzene rings is 1. The first kappa shape index (κ1) is 20.0. The summed E-state index contributed by atoms with van der Waals surface area (Å²) in [5, 5.41) is 0. The van der Waals surface area contributed by atoms with Gasteiger partial charge in [0.05, 0.1) is 18.8 Å². The van der Waals surface area contributed by atoms with Crippen molar-refractivity contribution in [2.45, 2.75) is 6.61 Å². The van der Waals surface area contributed by atoms with Gasteiger partial charge in [0.25, 0.3) is 5.91 Å². The average molecular weight is 397 g/mol. The van der Waals surface area contributed by atoms with Crippen molar-refractivity contribution in [2.24, 2.45) is 0 Å². The van der Waals surface area contributed by atoms with Crippen LogP contribution >= 0.6 is 0 Å². The third-order valence-electron chi connectivity index (χ3n) is 4.67. The summed E-state index contributed by atoms with van der Waals surface area (Å²) in [4.78, 5) is 41.7. The molecular formula is C18H21F2N3O5. The second-order valence-corrected chi connectivity index (χ2v) is 6.36. The zero-order chi connectivity index (χ0) is 20.1. The van der Waals surface area contributed by atoms with Crippen molar-refractivity contribution < 1.29 is 32.6 Å². The second kappa shape index (κ2) is 8.96. The van der Waals surface area contributed by atoms with Crippen molar-refractivity contribution in [2.75, 3.05) is 52.5 Å². The predicted molar refractivity (Wildman–Crippen MR) is 93.0 cm³/mol. The Balaban J connectivity index is 1.58. The highest BCUT2D eigenvalue weighted by atomic mass is 19.3. The van der Waals surface area contributed by atoms with E-state index in [2.05, 4.69) is 4.74 Å². The fourth-order valence-electron chi connectivity index (χ4n) is 3.16. The quantitative estimate of drug-likeness (QED) is 0.692. The monoisotopic (exact) mass is 397 g/mol. The molecule has 2 heterocycles. The Kier molecular flexibility index (Phi) is 6.40. The predicted octanol–water partition coefficient (Wildman–Crippen LogP) is 0.431. The van der Waals surface area contributed by atoms with Gasteiger partial charge < -0.3 is 24.2 Å². The van der Waals surface area contributed by atoms with Crippen molar-refractivity contribution in [1.82, 2.24) is 14.7 Å². The molecule has 3 rings (SSSR count). The average Bonchev–Trinajstić information content (AvgIpc) is 2.73. The molecule has 1 aromatic carbocycles. The van der Waals surface area contributed by atoms with Crippen LogP contribution in [-0.4, -0.2) is 91.5 Å². The minimum atomic E-state index is -3.03. The molecule has 8 nitrogen and oxygen atoms in total. The lowest BCUT2D eigenvalue weighted by Crippen LogP contribution is -2.55. The van der Waals surface area contributed by atoms with Crippen molar-refractivity contribution in [3.05, 3.63) is 29.8 Å². The lowest BCUT2D eigenvalue weighted by atomic mass is 10.1. The van der Waals surface area contributed by atoms with Crippen LogP contribution in [0, 0.1) is 0 Å². The van der Waals surface area contributed by atoms with Gasteiger partial charge in [-0.15, -0.1) is 0 Å². The van der Waals surface area contributed by atoms with Crippen molar-refractivity contribution in [1.29, 1.82) is 0 Å². The lowest BCUT2D eigenvalue weighted by Gasteiger charge is -2.36. The van der Waals surface area contributed by atoms with E-state index in [-0.39, 0.29) is 37.5 Å². The summed E-state index contributed by atoms with van der Waals surface area (Å²) in [6.07, 6.45) is 0. The van der Waals surface area contributed by atoms with Crippen LogP contribution in [0.5, 0.6) is 5.75 Å². The number of ether oxygens (including phenoxy) is 2. The summed E-state index contributed by atoms with van der Waals surface area (Å²) in [5.74, 6) is -1.82. The molecule has 2 aliphatic heterocycles. The maximum absolute atomic E-state index is 12.7. The zero-order valence-corrected chi connectivity index (χ0v) is 15.2. The number of carbonyl (C=O) groups is 3. The Morgan fingerprint density at radius 1 is 0.857 bits per heavy atom.